The zero-order chi connectivity index (χ0) is 20.5. The first-order valence-corrected chi connectivity index (χ1v) is 9.88. The molecule has 0 bridgehead atoms. The molecular weight excluding hydrogens is 360 g/mol. The van der Waals surface area contributed by atoms with Crippen molar-refractivity contribution >= 4 is 11.8 Å². The van der Waals surface area contributed by atoms with Gasteiger partial charge in [-0.3, -0.25) is 4.79 Å². The minimum Gasteiger partial charge on any atom is -0.270 e. The van der Waals surface area contributed by atoms with E-state index in [2.05, 4.69) is 12.1 Å². The van der Waals surface area contributed by atoms with E-state index in [0.717, 1.165) is 18.4 Å². The largest absolute Gasteiger partial charge is 0.421 e. The summed E-state index contributed by atoms with van der Waals surface area (Å²) in [6.07, 6.45) is 1.63. The van der Waals surface area contributed by atoms with Crippen LogP contribution in [0.25, 0.3) is 0 Å². The highest BCUT2D eigenvalue weighted by molar-refractivity contribution is 5.97. The van der Waals surface area contributed by atoms with E-state index in [1.165, 1.54) is 12.5 Å². The number of carbonyl (C=O) groups is 2. The summed E-state index contributed by atoms with van der Waals surface area (Å²) >= 11 is 0. The molecule has 0 fully saturated rings. The molecule has 0 aliphatic rings. The van der Waals surface area contributed by atoms with Gasteiger partial charge in [-0.05, 0) is 30.5 Å². The molecule has 2 amide bonds. The van der Waals surface area contributed by atoms with Crippen molar-refractivity contribution in [3.05, 3.63) is 108 Å². The van der Waals surface area contributed by atoms with Crippen LogP contribution in [0, 0.1) is 0 Å². The third-order valence-electron chi connectivity index (χ3n) is 4.76. The van der Waals surface area contributed by atoms with Gasteiger partial charge in [-0.15, -0.1) is 5.01 Å². The highest BCUT2D eigenvalue weighted by Gasteiger charge is 2.37. The predicted molar refractivity (Wildman–Crippen MR) is 115 cm³/mol. The summed E-state index contributed by atoms with van der Waals surface area (Å²) in [5, 5.41) is 3.14. The van der Waals surface area contributed by atoms with Crippen LogP contribution in [0.4, 0.5) is 0 Å². The van der Waals surface area contributed by atoms with E-state index >= 15 is 0 Å². The SMILES string of the molecule is CC(=O)N(CCCc1ccccc1)[N+](Cc1ccccc1)C(=O)c1ccccc1. The smallest absolute Gasteiger partial charge is 0.270 e. The predicted octanol–water partition coefficient (Wildman–Crippen LogP) is 4.56. The van der Waals surface area contributed by atoms with Crippen molar-refractivity contribution in [2.45, 2.75) is 26.3 Å². The van der Waals surface area contributed by atoms with Crippen LogP contribution in [-0.4, -0.2) is 23.4 Å². The molecule has 29 heavy (non-hydrogen) atoms. The van der Waals surface area contributed by atoms with Crippen molar-refractivity contribution in [2.24, 2.45) is 0 Å². The quantitative estimate of drug-likeness (QED) is 0.441. The van der Waals surface area contributed by atoms with E-state index in [4.69, 9.17) is 0 Å². The van der Waals surface area contributed by atoms with Crippen molar-refractivity contribution in [1.29, 1.82) is 0 Å². The number of aryl methyl sites for hydroxylation is 1. The van der Waals surface area contributed by atoms with Gasteiger partial charge in [0.2, 0.25) is 0 Å². The summed E-state index contributed by atoms with van der Waals surface area (Å²) in [6.45, 7) is 2.34. The fourth-order valence-corrected chi connectivity index (χ4v) is 3.28. The molecule has 0 saturated heterocycles. The van der Waals surface area contributed by atoms with Gasteiger partial charge in [0.15, 0.2) is 6.54 Å². The lowest BCUT2D eigenvalue weighted by Gasteiger charge is -2.22. The molecule has 3 rings (SSSR count). The first kappa shape index (κ1) is 20.5. The van der Waals surface area contributed by atoms with Gasteiger partial charge in [-0.2, -0.15) is 0 Å². The normalized spacial score (nSPS) is 10.7. The van der Waals surface area contributed by atoms with Gasteiger partial charge in [-0.25, -0.2) is 4.79 Å². The Hall–Kier alpha value is -3.24. The molecule has 0 heterocycles. The second-order valence-corrected chi connectivity index (χ2v) is 6.95. The monoisotopic (exact) mass is 386 g/mol. The number of hydrogen-bond acceptors (Lipinski definition) is 2. The Kier molecular flexibility index (Phi) is 7.31. The molecule has 3 aromatic rings. The molecule has 4 nitrogen and oxygen atoms in total. The molecule has 4 heteroatoms. The molecule has 0 N–H and O–H groups in total. The Labute approximate surface area is 172 Å². The number of hydrogen-bond donors (Lipinski definition) is 0. The molecule has 0 spiro atoms. The Balaban J connectivity index is 1.80. The first-order chi connectivity index (χ1) is 14.1. The molecule has 0 aliphatic carbocycles. The lowest BCUT2D eigenvalue weighted by atomic mass is 10.1. The third kappa shape index (κ3) is 5.87. The minimum absolute atomic E-state index is 0.140. The molecular formula is C25H26N2O2+. The molecule has 0 aliphatic heterocycles. The maximum Gasteiger partial charge on any atom is 0.421 e. The maximum absolute atomic E-state index is 13.3. The number of benzene rings is 3. The zero-order valence-corrected chi connectivity index (χ0v) is 16.7. The van der Waals surface area contributed by atoms with E-state index in [1.807, 2.05) is 66.7 Å². The van der Waals surface area contributed by atoms with E-state index in [1.54, 1.807) is 22.2 Å². The summed E-state index contributed by atoms with van der Waals surface area (Å²) in [7, 11) is 0. The highest BCUT2D eigenvalue weighted by Crippen LogP contribution is 2.13. The molecule has 0 atom stereocenters. The maximum atomic E-state index is 13.3. The van der Waals surface area contributed by atoms with E-state index in [9.17, 15) is 9.59 Å². The van der Waals surface area contributed by atoms with Crippen LogP contribution in [0.1, 0.15) is 34.8 Å². The molecule has 0 aromatic heterocycles. The zero-order valence-electron chi connectivity index (χ0n) is 16.7. The Morgan fingerprint density at radius 1 is 0.759 bits per heavy atom. The van der Waals surface area contributed by atoms with Crippen LogP contribution in [0.2, 0.25) is 0 Å². The summed E-state index contributed by atoms with van der Waals surface area (Å²) < 4.78 is 0. The lowest BCUT2D eigenvalue weighted by Crippen LogP contribution is -2.53. The molecule has 1 radical (unpaired) electrons. The van der Waals surface area contributed by atoms with Gasteiger partial charge in [0.05, 0.1) is 12.1 Å². The molecule has 0 unspecified atom stereocenters. The van der Waals surface area contributed by atoms with Crippen LogP contribution in [0.5, 0.6) is 0 Å². The summed E-state index contributed by atoms with van der Waals surface area (Å²) in [6, 6.07) is 29.0. The number of amides is 2. The van der Waals surface area contributed by atoms with Crippen LogP contribution in [0.15, 0.2) is 91.0 Å². The highest BCUT2D eigenvalue weighted by atomic mass is 16.2. The Morgan fingerprint density at radius 3 is 1.83 bits per heavy atom. The van der Waals surface area contributed by atoms with Gasteiger partial charge in [0.25, 0.3) is 5.91 Å². The minimum atomic E-state index is -0.177. The fraction of sp³-hybridized carbons (Fsp3) is 0.200. The van der Waals surface area contributed by atoms with Crippen LogP contribution < -0.4 is 5.01 Å². The van der Waals surface area contributed by atoms with E-state index < -0.39 is 0 Å². The van der Waals surface area contributed by atoms with Crippen molar-refractivity contribution in [3.63, 3.8) is 0 Å². The van der Waals surface area contributed by atoms with Gasteiger partial charge >= 0.3 is 5.91 Å². The summed E-state index contributed by atoms with van der Waals surface area (Å²) in [5.41, 5.74) is 2.77. The first-order valence-electron chi connectivity index (χ1n) is 9.88. The van der Waals surface area contributed by atoms with Crippen molar-refractivity contribution in [3.8, 4) is 0 Å². The topological polar surface area (TPSA) is 43.3 Å². The standard InChI is InChI=1S/C25H26N2O2/c1-21(28)26(19-11-16-22-12-5-2-6-13-22)27(20-23-14-7-3-8-15-23)25(29)24-17-9-4-10-18-24/h2-10,12-15,17-18H,11,16,19-20H2,1H3/q+1. The Bertz CT molecular complexity index is 911. The second kappa shape index (κ2) is 10.3. The van der Waals surface area contributed by atoms with Crippen LogP contribution in [-0.2, 0) is 17.8 Å². The average Bonchev–Trinajstić information content (AvgIpc) is 2.77. The summed E-state index contributed by atoms with van der Waals surface area (Å²) in [4.78, 5) is 25.7. The molecule has 147 valence electrons. The Morgan fingerprint density at radius 2 is 1.28 bits per heavy atom. The van der Waals surface area contributed by atoms with E-state index in [0.29, 0.717) is 18.7 Å². The van der Waals surface area contributed by atoms with Gasteiger partial charge in [-0.1, -0.05) is 78.9 Å². The van der Waals surface area contributed by atoms with Crippen molar-refractivity contribution in [1.82, 2.24) is 10.0 Å². The summed E-state index contributed by atoms with van der Waals surface area (Å²) in [5.74, 6) is -0.317. The van der Waals surface area contributed by atoms with Gasteiger partial charge in [0.1, 0.15) is 0 Å². The third-order valence-corrected chi connectivity index (χ3v) is 4.76. The van der Waals surface area contributed by atoms with Crippen LogP contribution >= 0.6 is 0 Å². The number of rotatable bonds is 7. The lowest BCUT2D eigenvalue weighted by molar-refractivity contribution is -0.136. The average molecular weight is 386 g/mol. The van der Waals surface area contributed by atoms with Crippen molar-refractivity contribution in [2.75, 3.05) is 6.54 Å². The van der Waals surface area contributed by atoms with Crippen molar-refractivity contribution < 1.29 is 9.59 Å². The van der Waals surface area contributed by atoms with Crippen LogP contribution in [0.3, 0.4) is 0 Å². The number of carbonyl (C=O) groups excluding carboxylic acids is 2. The van der Waals surface area contributed by atoms with Gasteiger partial charge in [0, 0.05) is 17.5 Å². The van der Waals surface area contributed by atoms with E-state index in [-0.39, 0.29) is 11.8 Å². The fourth-order valence-electron chi connectivity index (χ4n) is 3.28. The molecule has 3 aromatic carbocycles. The van der Waals surface area contributed by atoms with Gasteiger partial charge < -0.3 is 0 Å². The second-order valence-electron chi connectivity index (χ2n) is 6.95. The number of hydrazine groups is 1. The number of nitrogens with zero attached hydrogens (tertiary/aromatic N) is 2. The molecule has 0 saturated carbocycles.